The van der Waals surface area contributed by atoms with Crippen LogP contribution in [0.4, 0.5) is 5.95 Å². The lowest BCUT2D eigenvalue weighted by Gasteiger charge is -2.15. The van der Waals surface area contributed by atoms with Crippen LogP contribution in [0, 0.1) is 0 Å². The molecule has 2 N–H and O–H groups in total. The van der Waals surface area contributed by atoms with Gasteiger partial charge in [0, 0.05) is 32.4 Å². The van der Waals surface area contributed by atoms with Crippen molar-refractivity contribution in [3.63, 3.8) is 0 Å². The summed E-state index contributed by atoms with van der Waals surface area (Å²) >= 11 is 0. The van der Waals surface area contributed by atoms with Gasteiger partial charge in [0.25, 0.3) is 0 Å². The van der Waals surface area contributed by atoms with Crippen molar-refractivity contribution in [1.29, 1.82) is 0 Å². The van der Waals surface area contributed by atoms with E-state index in [4.69, 9.17) is 5.73 Å². The highest BCUT2D eigenvalue weighted by Crippen LogP contribution is 2.15. The molecule has 102 valence electrons. The predicted molar refractivity (Wildman–Crippen MR) is 68.3 cm³/mol. The first-order valence-electron chi connectivity index (χ1n) is 5.41. The van der Waals surface area contributed by atoms with Crippen molar-refractivity contribution in [2.45, 2.75) is 11.4 Å². The number of anilines is 1. The summed E-state index contributed by atoms with van der Waals surface area (Å²) in [5.74, 6) is 0.0360. The van der Waals surface area contributed by atoms with E-state index < -0.39 is 10.0 Å². The molecule has 0 unspecified atom stereocenters. The van der Waals surface area contributed by atoms with Crippen LogP contribution in [0.5, 0.6) is 0 Å². The van der Waals surface area contributed by atoms with Crippen LogP contribution in [0.25, 0.3) is 0 Å². The van der Waals surface area contributed by atoms with Crippen LogP contribution in [0.1, 0.15) is 5.56 Å². The van der Waals surface area contributed by atoms with Gasteiger partial charge in [-0.15, -0.1) is 0 Å². The molecule has 19 heavy (non-hydrogen) atoms. The second-order valence-corrected chi connectivity index (χ2v) is 6.11. The molecule has 0 aliphatic heterocycles. The summed E-state index contributed by atoms with van der Waals surface area (Å²) in [6.07, 6.45) is 5.76. The highest BCUT2D eigenvalue weighted by atomic mass is 32.2. The lowest BCUT2D eigenvalue weighted by atomic mass is 10.4. The van der Waals surface area contributed by atoms with Crippen LogP contribution < -0.4 is 5.73 Å². The Bertz CT molecular complexity index is 664. The Morgan fingerprint density at radius 3 is 2.47 bits per heavy atom. The Morgan fingerprint density at radius 2 is 1.95 bits per heavy atom. The highest BCUT2D eigenvalue weighted by Gasteiger charge is 2.22. The van der Waals surface area contributed by atoms with Crippen molar-refractivity contribution in [3.8, 4) is 0 Å². The SMILES string of the molecule is CN(Cc1cnn(C)c1)S(=O)(=O)c1cnc(N)nc1. The van der Waals surface area contributed by atoms with Crippen molar-refractivity contribution >= 4 is 16.0 Å². The first kappa shape index (κ1) is 13.4. The van der Waals surface area contributed by atoms with E-state index in [1.165, 1.54) is 23.7 Å². The van der Waals surface area contributed by atoms with Crippen molar-refractivity contribution in [3.05, 3.63) is 30.4 Å². The molecule has 2 rings (SSSR count). The number of sulfonamides is 1. The minimum absolute atomic E-state index is 0.00749. The van der Waals surface area contributed by atoms with Gasteiger partial charge in [-0.25, -0.2) is 18.4 Å². The van der Waals surface area contributed by atoms with E-state index in [0.717, 1.165) is 5.56 Å². The van der Waals surface area contributed by atoms with E-state index in [2.05, 4.69) is 15.1 Å². The van der Waals surface area contributed by atoms with Gasteiger partial charge in [-0.2, -0.15) is 9.40 Å². The third-order valence-electron chi connectivity index (χ3n) is 2.52. The lowest BCUT2D eigenvalue weighted by Crippen LogP contribution is -2.26. The molecule has 0 saturated carbocycles. The van der Waals surface area contributed by atoms with E-state index >= 15 is 0 Å². The van der Waals surface area contributed by atoms with Crippen molar-refractivity contribution in [2.24, 2.45) is 7.05 Å². The summed E-state index contributed by atoms with van der Waals surface area (Å²) in [6.45, 7) is 0.223. The zero-order valence-corrected chi connectivity index (χ0v) is 11.4. The summed E-state index contributed by atoms with van der Waals surface area (Å²) in [4.78, 5) is 7.37. The molecule has 0 bridgehead atoms. The number of aryl methyl sites for hydroxylation is 1. The van der Waals surface area contributed by atoms with Gasteiger partial charge in [-0.3, -0.25) is 4.68 Å². The van der Waals surface area contributed by atoms with Crippen molar-refractivity contribution in [2.75, 3.05) is 12.8 Å². The molecule has 0 aliphatic rings. The number of rotatable bonds is 4. The summed E-state index contributed by atoms with van der Waals surface area (Å²) < 4.78 is 27.3. The molecule has 0 atom stereocenters. The summed E-state index contributed by atoms with van der Waals surface area (Å²) in [5, 5.41) is 3.99. The van der Waals surface area contributed by atoms with Gasteiger partial charge in [0.15, 0.2) is 0 Å². The maximum atomic E-state index is 12.2. The minimum atomic E-state index is -3.63. The monoisotopic (exact) mass is 282 g/mol. The predicted octanol–water partition coefficient (Wildman–Crippen LogP) is -0.387. The number of nitrogens with two attached hydrogens (primary N) is 1. The third-order valence-corrected chi connectivity index (χ3v) is 4.28. The Morgan fingerprint density at radius 1 is 1.32 bits per heavy atom. The Labute approximate surface area is 110 Å². The number of aromatic nitrogens is 4. The molecule has 8 nitrogen and oxygen atoms in total. The van der Waals surface area contributed by atoms with E-state index in [1.54, 1.807) is 24.1 Å². The molecule has 0 aromatic carbocycles. The Balaban J connectivity index is 2.21. The molecule has 2 heterocycles. The number of nitrogen functional groups attached to an aromatic ring is 1. The summed E-state index contributed by atoms with van der Waals surface area (Å²) in [6, 6.07) is 0. The average Bonchev–Trinajstić information content (AvgIpc) is 2.75. The van der Waals surface area contributed by atoms with E-state index in [-0.39, 0.29) is 17.4 Å². The maximum absolute atomic E-state index is 12.2. The standard InChI is InChI=1S/C10H14N6O2S/c1-15-6-8(3-14-15)7-16(2)19(17,18)9-4-12-10(11)13-5-9/h3-6H,7H2,1-2H3,(H2,11,12,13). The Hall–Kier alpha value is -2.00. The van der Waals surface area contributed by atoms with Crippen LogP contribution in [-0.4, -0.2) is 39.5 Å². The lowest BCUT2D eigenvalue weighted by molar-refractivity contribution is 0.466. The molecule has 2 aromatic heterocycles. The molecule has 0 amide bonds. The fraction of sp³-hybridized carbons (Fsp3) is 0.300. The van der Waals surface area contributed by atoms with Gasteiger partial charge in [0.2, 0.25) is 16.0 Å². The van der Waals surface area contributed by atoms with Gasteiger partial charge in [0.05, 0.1) is 18.6 Å². The van der Waals surface area contributed by atoms with Gasteiger partial charge >= 0.3 is 0 Å². The second-order valence-electron chi connectivity index (χ2n) is 4.06. The molecule has 0 fully saturated rings. The van der Waals surface area contributed by atoms with Crippen LogP contribution >= 0.6 is 0 Å². The topological polar surface area (TPSA) is 107 Å². The Kier molecular flexibility index (Phi) is 3.49. The van der Waals surface area contributed by atoms with Crippen molar-refractivity contribution in [1.82, 2.24) is 24.1 Å². The fourth-order valence-corrected chi connectivity index (χ4v) is 2.59. The van der Waals surface area contributed by atoms with Crippen LogP contribution in [-0.2, 0) is 23.6 Å². The normalized spacial score (nSPS) is 11.9. The molecule has 0 saturated heterocycles. The van der Waals surface area contributed by atoms with E-state index in [1.807, 2.05) is 0 Å². The zero-order valence-electron chi connectivity index (χ0n) is 10.6. The average molecular weight is 282 g/mol. The molecule has 0 radical (unpaired) electrons. The first-order chi connectivity index (χ1) is 8.89. The molecule has 9 heteroatoms. The van der Waals surface area contributed by atoms with Gasteiger partial charge in [-0.1, -0.05) is 0 Å². The molecule has 0 spiro atoms. The first-order valence-corrected chi connectivity index (χ1v) is 6.85. The number of hydrogen-bond donors (Lipinski definition) is 1. The molecule has 0 aliphatic carbocycles. The van der Waals surface area contributed by atoms with E-state index in [9.17, 15) is 8.42 Å². The molecular weight excluding hydrogens is 268 g/mol. The number of nitrogens with zero attached hydrogens (tertiary/aromatic N) is 5. The largest absolute Gasteiger partial charge is 0.368 e. The smallest absolute Gasteiger partial charge is 0.246 e. The maximum Gasteiger partial charge on any atom is 0.246 e. The van der Waals surface area contributed by atoms with Crippen LogP contribution in [0.3, 0.4) is 0 Å². The van der Waals surface area contributed by atoms with Crippen molar-refractivity contribution < 1.29 is 8.42 Å². The van der Waals surface area contributed by atoms with Gasteiger partial charge < -0.3 is 5.73 Å². The number of hydrogen-bond acceptors (Lipinski definition) is 6. The summed E-state index contributed by atoms with van der Waals surface area (Å²) in [7, 11) is -0.374. The minimum Gasteiger partial charge on any atom is -0.368 e. The highest BCUT2D eigenvalue weighted by molar-refractivity contribution is 7.89. The third kappa shape index (κ3) is 2.88. The summed E-state index contributed by atoms with van der Waals surface area (Å²) in [5.41, 5.74) is 6.13. The zero-order chi connectivity index (χ0) is 14.0. The van der Waals surface area contributed by atoms with Gasteiger partial charge in [-0.05, 0) is 0 Å². The quantitative estimate of drug-likeness (QED) is 0.818. The molecular formula is C10H14N6O2S. The van der Waals surface area contributed by atoms with Crippen LogP contribution in [0.15, 0.2) is 29.7 Å². The van der Waals surface area contributed by atoms with Gasteiger partial charge in [0.1, 0.15) is 4.90 Å². The van der Waals surface area contributed by atoms with E-state index in [0.29, 0.717) is 0 Å². The second kappa shape index (κ2) is 4.94. The molecule has 2 aromatic rings. The van der Waals surface area contributed by atoms with Crippen LogP contribution in [0.2, 0.25) is 0 Å². The fourth-order valence-electron chi connectivity index (χ4n) is 1.53.